The zero-order valence-electron chi connectivity index (χ0n) is 11.8. The van der Waals surface area contributed by atoms with E-state index in [2.05, 4.69) is 31.2 Å². The van der Waals surface area contributed by atoms with Crippen molar-refractivity contribution >= 4 is 10.9 Å². The molecule has 0 aliphatic heterocycles. The van der Waals surface area contributed by atoms with Crippen LogP contribution in [0.15, 0.2) is 35.3 Å². The molecule has 1 heterocycles. The minimum Gasteiger partial charge on any atom is -0.312 e. The SMILES string of the molecule is CC(C)C(C)NCCn1ncc(=O)c2ccccc21. The van der Waals surface area contributed by atoms with Crippen LogP contribution in [0.25, 0.3) is 10.9 Å². The Labute approximate surface area is 113 Å². The average Bonchev–Trinajstić information content (AvgIpc) is 2.41. The maximum Gasteiger partial charge on any atom is 0.207 e. The molecule has 0 saturated heterocycles. The minimum absolute atomic E-state index is 0.0182. The lowest BCUT2D eigenvalue weighted by atomic mass is 10.1. The van der Waals surface area contributed by atoms with Crippen LogP contribution in [-0.4, -0.2) is 22.4 Å². The van der Waals surface area contributed by atoms with Gasteiger partial charge in [0.25, 0.3) is 0 Å². The number of nitrogens with one attached hydrogen (secondary N) is 1. The van der Waals surface area contributed by atoms with Crippen LogP contribution in [0.4, 0.5) is 0 Å². The summed E-state index contributed by atoms with van der Waals surface area (Å²) in [5.41, 5.74) is 0.879. The van der Waals surface area contributed by atoms with E-state index in [1.54, 1.807) is 0 Å². The summed E-state index contributed by atoms with van der Waals surface area (Å²) in [5, 5.41) is 8.41. The van der Waals surface area contributed by atoms with Gasteiger partial charge in [-0.2, -0.15) is 5.10 Å². The second-order valence-electron chi connectivity index (χ2n) is 5.24. The Hall–Kier alpha value is -1.68. The first-order valence-electron chi connectivity index (χ1n) is 6.78. The maximum atomic E-state index is 11.7. The molecule has 0 bridgehead atoms. The van der Waals surface area contributed by atoms with Crippen molar-refractivity contribution in [3.05, 3.63) is 40.7 Å². The molecule has 0 fully saturated rings. The molecular formula is C15H21N3O. The van der Waals surface area contributed by atoms with Crippen molar-refractivity contribution in [1.29, 1.82) is 0 Å². The lowest BCUT2D eigenvalue weighted by molar-refractivity contribution is 0.412. The molecule has 4 heteroatoms. The third kappa shape index (κ3) is 3.20. The highest BCUT2D eigenvalue weighted by molar-refractivity contribution is 5.77. The number of hydrogen-bond acceptors (Lipinski definition) is 3. The largest absolute Gasteiger partial charge is 0.312 e. The monoisotopic (exact) mass is 259 g/mol. The predicted molar refractivity (Wildman–Crippen MR) is 78.3 cm³/mol. The summed E-state index contributed by atoms with van der Waals surface area (Å²) in [4.78, 5) is 11.7. The number of hydrogen-bond donors (Lipinski definition) is 1. The number of aromatic nitrogens is 2. The van der Waals surface area contributed by atoms with Crippen LogP contribution in [0, 0.1) is 5.92 Å². The standard InChI is InChI=1S/C15H21N3O/c1-11(2)12(3)16-8-9-18-14-7-5-4-6-13(14)15(19)10-17-18/h4-7,10-12,16H,8-9H2,1-3H3. The van der Waals surface area contributed by atoms with Crippen molar-refractivity contribution in [1.82, 2.24) is 15.1 Å². The number of para-hydroxylation sites is 1. The maximum absolute atomic E-state index is 11.7. The summed E-state index contributed by atoms with van der Waals surface area (Å²) in [5.74, 6) is 0.610. The summed E-state index contributed by atoms with van der Waals surface area (Å²) in [6, 6.07) is 8.08. The van der Waals surface area contributed by atoms with E-state index >= 15 is 0 Å². The van der Waals surface area contributed by atoms with Crippen molar-refractivity contribution in [2.24, 2.45) is 5.92 Å². The zero-order chi connectivity index (χ0) is 13.8. The summed E-state index contributed by atoms with van der Waals surface area (Å²) in [6.45, 7) is 8.19. The highest BCUT2D eigenvalue weighted by Crippen LogP contribution is 2.07. The van der Waals surface area contributed by atoms with Gasteiger partial charge < -0.3 is 5.32 Å². The Morgan fingerprint density at radius 1 is 1.26 bits per heavy atom. The Kier molecular flexibility index (Phi) is 4.32. The van der Waals surface area contributed by atoms with Crippen LogP contribution in [0.3, 0.4) is 0 Å². The smallest absolute Gasteiger partial charge is 0.207 e. The molecule has 1 atom stereocenters. The number of rotatable bonds is 5. The molecule has 1 aromatic heterocycles. The molecule has 0 aliphatic carbocycles. The third-order valence-electron chi connectivity index (χ3n) is 3.55. The summed E-state index contributed by atoms with van der Waals surface area (Å²) < 4.78 is 1.89. The van der Waals surface area contributed by atoms with Gasteiger partial charge in [0, 0.05) is 18.0 Å². The lowest BCUT2D eigenvalue weighted by Gasteiger charge is -2.18. The third-order valence-corrected chi connectivity index (χ3v) is 3.55. The molecule has 0 saturated carbocycles. The second kappa shape index (κ2) is 5.97. The Balaban J connectivity index is 2.13. The molecule has 4 nitrogen and oxygen atoms in total. The van der Waals surface area contributed by atoms with E-state index in [-0.39, 0.29) is 5.43 Å². The first kappa shape index (κ1) is 13.7. The van der Waals surface area contributed by atoms with Crippen molar-refractivity contribution in [2.75, 3.05) is 6.54 Å². The van der Waals surface area contributed by atoms with Crippen LogP contribution in [-0.2, 0) is 6.54 Å². The number of benzene rings is 1. The molecule has 1 aromatic carbocycles. The molecular weight excluding hydrogens is 238 g/mol. The molecule has 102 valence electrons. The Morgan fingerprint density at radius 3 is 2.74 bits per heavy atom. The summed E-state index contributed by atoms with van der Waals surface area (Å²) >= 11 is 0. The van der Waals surface area contributed by atoms with Gasteiger partial charge >= 0.3 is 0 Å². The highest BCUT2D eigenvalue weighted by atomic mass is 16.1. The van der Waals surface area contributed by atoms with Gasteiger partial charge in [-0.3, -0.25) is 9.48 Å². The summed E-state index contributed by atoms with van der Waals surface area (Å²) in [6.07, 6.45) is 1.40. The van der Waals surface area contributed by atoms with Gasteiger partial charge in [-0.1, -0.05) is 26.0 Å². The van der Waals surface area contributed by atoms with Crippen molar-refractivity contribution in [2.45, 2.75) is 33.4 Å². The molecule has 0 radical (unpaired) electrons. The highest BCUT2D eigenvalue weighted by Gasteiger charge is 2.06. The van der Waals surface area contributed by atoms with E-state index in [0.29, 0.717) is 12.0 Å². The van der Waals surface area contributed by atoms with Gasteiger partial charge in [0.2, 0.25) is 5.43 Å². The predicted octanol–water partition coefficient (Wildman–Crippen LogP) is 2.03. The van der Waals surface area contributed by atoms with Gasteiger partial charge in [-0.05, 0) is 25.0 Å². The summed E-state index contributed by atoms with van der Waals surface area (Å²) in [7, 11) is 0. The minimum atomic E-state index is -0.0182. The van der Waals surface area contributed by atoms with Gasteiger partial charge in [0.05, 0.1) is 18.3 Å². The van der Waals surface area contributed by atoms with E-state index in [4.69, 9.17) is 0 Å². The molecule has 0 aliphatic rings. The first-order chi connectivity index (χ1) is 9.09. The topological polar surface area (TPSA) is 46.9 Å². The van der Waals surface area contributed by atoms with Crippen LogP contribution in [0.5, 0.6) is 0 Å². The van der Waals surface area contributed by atoms with E-state index in [9.17, 15) is 4.79 Å². The average molecular weight is 259 g/mol. The fraction of sp³-hybridized carbons (Fsp3) is 0.467. The second-order valence-corrected chi connectivity index (χ2v) is 5.24. The van der Waals surface area contributed by atoms with Crippen LogP contribution in [0.1, 0.15) is 20.8 Å². The van der Waals surface area contributed by atoms with Gasteiger partial charge in [0.1, 0.15) is 0 Å². The molecule has 1 unspecified atom stereocenters. The zero-order valence-corrected chi connectivity index (χ0v) is 11.8. The van der Waals surface area contributed by atoms with Crippen LogP contribution in [0.2, 0.25) is 0 Å². The Bertz CT molecular complexity index is 604. The number of fused-ring (bicyclic) bond motifs is 1. The van der Waals surface area contributed by atoms with Crippen LogP contribution < -0.4 is 10.7 Å². The molecule has 2 rings (SSSR count). The quantitative estimate of drug-likeness (QED) is 0.893. The molecule has 1 N–H and O–H groups in total. The van der Waals surface area contributed by atoms with Gasteiger partial charge in [-0.25, -0.2) is 0 Å². The van der Waals surface area contributed by atoms with Crippen molar-refractivity contribution in [3.63, 3.8) is 0 Å². The molecule has 0 spiro atoms. The fourth-order valence-electron chi connectivity index (χ4n) is 1.97. The number of nitrogens with zero attached hydrogens (tertiary/aromatic N) is 2. The van der Waals surface area contributed by atoms with E-state index in [0.717, 1.165) is 24.0 Å². The van der Waals surface area contributed by atoms with Crippen molar-refractivity contribution in [3.8, 4) is 0 Å². The van der Waals surface area contributed by atoms with E-state index in [1.165, 1.54) is 6.20 Å². The van der Waals surface area contributed by atoms with Gasteiger partial charge in [-0.15, -0.1) is 0 Å². The van der Waals surface area contributed by atoms with E-state index < -0.39 is 0 Å². The molecule has 2 aromatic rings. The molecule has 19 heavy (non-hydrogen) atoms. The first-order valence-corrected chi connectivity index (χ1v) is 6.78. The van der Waals surface area contributed by atoms with Crippen molar-refractivity contribution < 1.29 is 0 Å². The fourth-order valence-corrected chi connectivity index (χ4v) is 1.97. The van der Waals surface area contributed by atoms with Crippen LogP contribution >= 0.6 is 0 Å². The van der Waals surface area contributed by atoms with E-state index in [1.807, 2.05) is 28.9 Å². The Morgan fingerprint density at radius 2 is 2.00 bits per heavy atom. The normalized spacial score (nSPS) is 13.1. The van der Waals surface area contributed by atoms with Gasteiger partial charge in [0.15, 0.2) is 0 Å². The lowest BCUT2D eigenvalue weighted by Crippen LogP contribution is -2.33. The molecule has 0 amide bonds.